The number of aryl methyl sites for hydroxylation is 1. The van der Waals surface area contributed by atoms with Crippen LogP contribution in [0.3, 0.4) is 0 Å². The molecule has 2 rings (SSSR count). The summed E-state index contributed by atoms with van der Waals surface area (Å²) >= 11 is 0. The standard InChI is InChI=1S/C13H18N4O/c1-4-17(5-2)13-15-11(8-12(14)16-13)10-6-7-18-9(10)3/h6-8H,4-5H2,1-3H3,(H2,14,15,16). The van der Waals surface area contributed by atoms with Gasteiger partial charge in [-0.15, -0.1) is 0 Å². The summed E-state index contributed by atoms with van der Waals surface area (Å²) in [5.74, 6) is 1.97. The summed E-state index contributed by atoms with van der Waals surface area (Å²) in [5, 5.41) is 0. The summed E-state index contributed by atoms with van der Waals surface area (Å²) in [7, 11) is 0. The second-order valence-corrected chi connectivity index (χ2v) is 4.04. The molecule has 0 saturated carbocycles. The van der Waals surface area contributed by atoms with Crippen LogP contribution in [0, 0.1) is 6.92 Å². The molecular formula is C13H18N4O. The molecule has 5 heteroatoms. The fourth-order valence-corrected chi connectivity index (χ4v) is 1.89. The Labute approximate surface area is 107 Å². The van der Waals surface area contributed by atoms with E-state index < -0.39 is 0 Å². The summed E-state index contributed by atoms with van der Waals surface area (Å²) < 4.78 is 5.30. The summed E-state index contributed by atoms with van der Waals surface area (Å²) in [5.41, 5.74) is 7.61. The molecule has 0 aliphatic carbocycles. The molecular weight excluding hydrogens is 228 g/mol. The van der Waals surface area contributed by atoms with Gasteiger partial charge in [0.1, 0.15) is 11.6 Å². The van der Waals surface area contributed by atoms with E-state index in [4.69, 9.17) is 10.2 Å². The van der Waals surface area contributed by atoms with Crippen LogP contribution in [-0.2, 0) is 0 Å². The molecule has 0 unspecified atom stereocenters. The topological polar surface area (TPSA) is 68.2 Å². The van der Waals surface area contributed by atoms with Gasteiger partial charge >= 0.3 is 0 Å². The van der Waals surface area contributed by atoms with Crippen LogP contribution < -0.4 is 10.6 Å². The number of nitrogens with two attached hydrogens (primary N) is 1. The number of nitrogen functional groups attached to an aromatic ring is 1. The molecule has 0 fully saturated rings. The Balaban J connectivity index is 2.47. The molecule has 0 aromatic carbocycles. The highest BCUT2D eigenvalue weighted by atomic mass is 16.3. The minimum Gasteiger partial charge on any atom is -0.469 e. The third-order valence-corrected chi connectivity index (χ3v) is 2.92. The van der Waals surface area contributed by atoms with E-state index in [1.54, 1.807) is 12.3 Å². The molecule has 0 atom stereocenters. The van der Waals surface area contributed by atoms with Crippen molar-refractivity contribution in [3.8, 4) is 11.3 Å². The number of hydrogen-bond acceptors (Lipinski definition) is 5. The van der Waals surface area contributed by atoms with Crippen LogP contribution in [0.2, 0.25) is 0 Å². The first-order valence-electron chi connectivity index (χ1n) is 6.09. The summed E-state index contributed by atoms with van der Waals surface area (Å²) in [6.07, 6.45) is 1.65. The fourth-order valence-electron chi connectivity index (χ4n) is 1.89. The van der Waals surface area contributed by atoms with Crippen LogP contribution in [0.25, 0.3) is 11.3 Å². The van der Waals surface area contributed by atoms with Gasteiger partial charge in [0.15, 0.2) is 0 Å². The van der Waals surface area contributed by atoms with Crippen LogP contribution in [0.15, 0.2) is 22.8 Å². The van der Waals surface area contributed by atoms with E-state index >= 15 is 0 Å². The predicted octanol–water partition coefficient (Wildman–Crippen LogP) is 2.47. The lowest BCUT2D eigenvalue weighted by molar-refractivity contribution is 0.535. The van der Waals surface area contributed by atoms with Crippen molar-refractivity contribution in [1.82, 2.24) is 9.97 Å². The fraction of sp³-hybridized carbons (Fsp3) is 0.385. The summed E-state index contributed by atoms with van der Waals surface area (Å²) in [4.78, 5) is 10.9. The first-order valence-corrected chi connectivity index (χ1v) is 6.09. The average molecular weight is 246 g/mol. The maximum Gasteiger partial charge on any atom is 0.227 e. The number of rotatable bonds is 4. The zero-order valence-electron chi connectivity index (χ0n) is 11.0. The molecule has 0 saturated heterocycles. The number of nitrogens with zero attached hydrogens (tertiary/aromatic N) is 3. The minimum atomic E-state index is 0.475. The first-order chi connectivity index (χ1) is 8.65. The summed E-state index contributed by atoms with van der Waals surface area (Å²) in [6, 6.07) is 3.66. The minimum absolute atomic E-state index is 0.475. The quantitative estimate of drug-likeness (QED) is 0.897. The summed E-state index contributed by atoms with van der Waals surface area (Å²) in [6.45, 7) is 7.75. The molecule has 0 aliphatic heterocycles. The molecule has 0 amide bonds. The van der Waals surface area contributed by atoms with E-state index in [2.05, 4.69) is 28.7 Å². The number of furan rings is 1. The van der Waals surface area contributed by atoms with Crippen molar-refractivity contribution in [2.75, 3.05) is 23.7 Å². The van der Waals surface area contributed by atoms with E-state index in [0.29, 0.717) is 11.8 Å². The lowest BCUT2D eigenvalue weighted by Gasteiger charge is -2.19. The van der Waals surface area contributed by atoms with E-state index in [-0.39, 0.29) is 0 Å². The third kappa shape index (κ3) is 2.30. The molecule has 2 heterocycles. The molecule has 18 heavy (non-hydrogen) atoms. The van der Waals surface area contributed by atoms with Gasteiger partial charge in [-0.3, -0.25) is 0 Å². The Kier molecular flexibility index (Phi) is 3.50. The monoisotopic (exact) mass is 246 g/mol. The van der Waals surface area contributed by atoms with Crippen LogP contribution in [0.4, 0.5) is 11.8 Å². The lowest BCUT2D eigenvalue weighted by Crippen LogP contribution is -2.24. The van der Waals surface area contributed by atoms with Crippen LogP contribution in [0.1, 0.15) is 19.6 Å². The van der Waals surface area contributed by atoms with Gasteiger partial charge in [0, 0.05) is 24.7 Å². The number of hydrogen-bond donors (Lipinski definition) is 1. The second-order valence-electron chi connectivity index (χ2n) is 4.04. The maximum atomic E-state index is 5.85. The van der Waals surface area contributed by atoms with Gasteiger partial charge in [-0.05, 0) is 26.8 Å². The van der Waals surface area contributed by atoms with Gasteiger partial charge in [0.2, 0.25) is 5.95 Å². The van der Waals surface area contributed by atoms with Gasteiger partial charge < -0.3 is 15.1 Å². The average Bonchev–Trinajstić information content (AvgIpc) is 2.76. The van der Waals surface area contributed by atoms with Crippen molar-refractivity contribution >= 4 is 11.8 Å². The van der Waals surface area contributed by atoms with E-state index in [1.807, 2.05) is 13.0 Å². The number of aromatic nitrogens is 2. The van der Waals surface area contributed by atoms with Crippen molar-refractivity contribution in [3.05, 3.63) is 24.2 Å². The highest BCUT2D eigenvalue weighted by molar-refractivity contribution is 5.65. The Morgan fingerprint density at radius 3 is 2.56 bits per heavy atom. The van der Waals surface area contributed by atoms with Crippen LogP contribution in [-0.4, -0.2) is 23.1 Å². The van der Waals surface area contributed by atoms with Crippen molar-refractivity contribution in [1.29, 1.82) is 0 Å². The first kappa shape index (κ1) is 12.4. The van der Waals surface area contributed by atoms with Crippen molar-refractivity contribution in [3.63, 3.8) is 0 Å². The molecule has 0 aliphatic rings. The Morgan fingerprint density at radius 2 is 2.00 bits per heavy atom. The molecule has 96 valence electrons. The molecule has 2 N–H and O–H groups in total. The van der Waals surface area contributed by atoms with E-state index in [1.165, 1.54) is 0 Å². The van der Waals surface area contributed by atoms with Crippen LogP contribution >= 0.6 is 0 Å². The van der Waals surface area contributed by atoms with Gasteiger partial charge in [0.05, 0.1) is 12.0 Å². The molecule has 0 spiro atoms. The second kappa shape index (κ2) is 5.08. The maximum absolute atomic E-state index is 5.85. The zero-order chi connectivity index (χ0) is 13.1. The van der Waals surface area contributed by atoms with Crippen molar-refractivity contribution < 1.29 is 4.42 Å². The molecule has 5 nitrogen and oxygen atoms in total. The number of anilines is 2. The van der Waals surface area contributed by atoms with Gasteiger partial charge in [0.25, 0.3) is 0 Å². The normalized spacial score (nSPS) is 10.6. The largest absolute Gasteiger partial charge is 0.469 e. The Bertz CT molecular complexity index is 532. The Hall–Kier alpha value is -2.04. The molecule has 2 aromatic rings. The smallest absolute Gasteiger partial charge is 0.227 e. The molecule has 0 radical (unpaired) electrons. The van der Waals surface area contributed by atoms with Gasteiger partial charge in [-0.25, -0.2) is 4.98 Å². The molecule has 0 bridgehead atoms. The van der Waals surface area contributed by atoms with Gasteiger partial charge in [-0.1, -0.05) is 0 Å². The predicted molar refractivity (Wildman–Crippen MR) is 72.4 cm³/mol. The molecule has 2 aromatic heterocycles. The zero-order valence-corrected chi connectivity index (χ0v) is 11.0. The van der Waals surface area contributed by atoms with E-state index in [9.17, 15) is 0 Å². The highest BCUT2D eigenvalue weighted by Crippen LogP contribution is 2.25. The van der Waals surface area contributed by atoms with Crippen molar-refractivity contribution in [2.24, 2.45) is 0 Å². The van der Waals surface area contributed by atoms with Crippen LogP contribution in [0.5, 0.6) is 0 Å². The SMILES string of the molecule is CCN(CC)c1nc(N)cc(-c2ccoc2C)n1. The Morgan fingerprint density at radius 1 is 1.28 bits per heavy atom. The van der Waals surface area contributed by atoms with E-state index in [0.717, 1.165) is 30.1 Å². The highest BCUT2D eigenvalue weighted by Gasteiger charge is 2.12. The lowest BCUT2D eigenvalue weighted by atomic mass is 10.2. The third-order valence-electron chi connectivity index (χ3n) is 2.92. The van der Waals surface area contributed by atoms with Gasteiger partial charge in [-0.2, -0.15) is 4.98 Å². The van der Waals surface area contributed by atoms with Crippen molar-refractivity contribution in [2.45, 2.75) is 20.8 Å².